The molecule has 0 heterocycles. The number of methoxy groups -OCH3 is 1. The highest BCUT2D eigenvalue weighted by Gasteiger charge is 2.39. The minimum Gasteiger partial charge on any atom is -0.376 e. The quantitative estimate of drug-likeness (QED) is 0.884. The highest BCUT2D eigenvalue weighted by Crippen LogP contribution is 2.40. The number of hydrogen-bond acceptors (Lipinski definition) is 2. The lowest BCUT2D eigenvalue weighted by atomic mass is 9.76. The van der Waals surface area contributed by atoms with Gasteiger partial charge in [-0.2, -0.15) is 0 Å². The molecule has 18 heavy (non-hydrogen) atoms. The summed E-state index contributed by atoms with van der Waals surface area (Å²) in [6, 6.07) is 6.52. The average molecular weight is 247 g/mol. The number of ether oxygens (including phenoxy) is 1. The molecule has 1 aliphatic rings. The van der Waals surface area contributed by atoms with Crippen LogP contribution in [-0.2, 0) is 4.74 Å². The Morgan fingerprint density at radius 3 is 2.39 bits per heavy atom. The molecule has 1 atom stereocenters. The summed E-state index contributed by atoms with van der Waals surface area (Å²) < 4.78 is 5.86. The Bertz CT molecular complexity index is 408. The highest BCUT2D eigenvalue weighted by atomic mass is 16.5. The van der Waals surface area contributed by atoms with E-state index in [1.165, 1.54) is 36.0 Å². The van der Waals surface area contributed by atoms with E-state index in [2.05, 4.69) is 32.0 Å². The lowest BCUT2D eigenvalue weighted by Gasteiger charge is -2.41. The van der Waals surface area contributed by atoms with E-state index in [1.807, 2.05) is 7.11 Å². The van der Waals surface area contributed by atoms with Gasteiger partial charge in [0, 0.05) is 7.11 Å². The second kappa shape index (κ2) is 5.41. The molecular weight excluding hydrogens is 222 g/mol. The highest BCUT2D eigenvalue weighted by molar-refractivity contribution is 5.34. The van der Waals surface area contributed by atoms with Crippen LogP contribution < -0.4 is 5.73 Å². The zero-order valence-electron chi connectivity index (χ0n) is 11.8. The SMILES string of the molecule is COC1(C(N)c2ccc(C)cc2C)CCCCC1. The summed E-state index contributed by atoms with van der Waals surface area (Å²) >= 11 is 0. The normalized spacial score (nSPS) is 20.7. The van der Waals surface area contributed by atoms with Crippen molar-refractivity contribution in [2.24, 2.45) is 5.73 Å². The molecular formula is C16H25NO. The number of nitrogens with two attached hydrogens (primary N) is 1. The van der Waals surface area contributed by atoms with E-state index in [9.17, 15) is 0 Å². The van der Waals surface area contributed by atoms with Gasteiger partial charge in [-0.05, 0) is 37.8 Å². The minimum absolute atomic E-state index is 0.0107. The molecule has 0 saturated heterocycles. The van der Waals surface area contributed by atoms with E-state index < -0.39 is 0 Å². The Balaban J connectivity index is 2.30. The fraction of sp³-hybridized carbons (Fsp3) is 0.625. The molecule has 1 aromatic carbocycles. The first-order valence-corrected chi connectivity index (χ1v) is 6.97. The summed E-state index contributed by atoms with van der Waals surface area (Å²) in [6.07, 6.45) is 5.93. The number of hydrogen-bond donors (Lipinski definition) is 1. The predicted molar refractivity (Wildman–Crippen MR) is 75.7 cm³/mol. The Kier molecular flexibility index (Phi) is 4.08. The molecule has 0 spiro atoms. The van der Waals surface area contributed by atoms with Crippen LogP contribution in [0.1, 0.15) is 54.8 Å². The van der Waals surface area contributed by atoms with Crippen LogP contribution in [0.4, 0.5) is 0 Å². The molecule has 1 fully saturated rings. The van der Waals surface area contributed by atoms with Gasteiger partial charge in [0.05, 0.1) is 11.6 Å². The van der Waals surface area contributed by atoms with E-state index in [-0.39, 0.29) is 11.6 Å². The summed E-state index contributed by atoms with van der Waals surface area (Å²) in [5.74, 6) is 0. The van der Waals surface area contributed by atoms with Gasteiger partial charge in [-0.25, -0.2) is 0 Å². The smallest absolute Gasteiger partial charge is 0.0870 e. The zero-order chi connectivity index (χ0) is 13.2. The summed E-state index contributed by atoms with van der Waals surface area (Å²) in [6.45, 7) is 4.27. The van der Waals surface area contributed by atoms with Crippen molar-refractivity contribution in [2.45, 2.75) is 57.6 Å². The van der Waals surface area contributed by atoms with E-state index in [4.69, 9.17) is 10.5 Å². The molecule has 0 radical (unpaired) electrons. The first-order chi connectivity index (χ1) is 8.59. The standard InChI is InChI=1S/C16H25NO/c1-12-7-8-14(13(2)11-12)15(17)16(18-3)9-5-4-6-10-16/h7-8,11,15H,4-6,9-10,17H2,1-3H3. The molecule has 0 bridgehead atoms. The second-order valence-corrected chi connectivity index (χ2v) is 5.67. The van der Waals surface area contributed by atoms with Gasteiger partial charge in [0.1, 0.15) is 0 Å². The van der Waals surface area contributed by atoms with Crippen LogP contribution in [0.15, 0.2) is 18.2 Å². The van der Waals surface area contributed by atoms with Gasteiger partial charge in [-0.1, -0.05) is 43.0 Å². The minimum atomic E-state index is -0.154. The van der Waals surface area contributed by atoms with Crippen LogP contribution in [-0.4, -0.2) is 12.7 Å². The summed E-state index contributed by atoms with van der Waals surface area (Å²) in [5, 5.41) is 0. The Morgan fingerprint density at radius 2 is 1.83 bits per heavy atom. The predicted octanol–water partition coefficient (Wildman–Crippen LogP) is 3.65. The average Bonchev–Trinajstić information content (AvgIpc) is 2.39. The van der Waals surface area contributed by atoms with Crippen LogP contribution in [0.5, 0.6) is 0 Å². The summed E-state index contributed by atoms with van der Waals surface area (Å²) in [5.41, 5.74) is 10.2. The van der Waals surface area contributed by atoms with Gasteiger partial charge in [0.15, 0.2) is 0 Å². The first kappa shape index (κ1) is 13.6. The first-order valence-electron chi connectivity index (χ1n) is 6.97. The topological polar surface area (TPSA) is 35.2 Å². The van der Waals surface area contributed by atoms with Crippen molar-refractivity contribution >= 4 is 0 Å². The second-order valence-electron chi connectivity index (χ2n) is 5.67. The van der Waals surface area contributed by atoms with Crippen molar-refractivity contribution in [3.63, 3.8) is 0 Å². The van der Waals surface area contributed by atoms with Crippen molar-refractivity contribution < 1.29 is 4.74 Å². The fourth-order valence-electron chi connectivity index (χ4n) is 3.25. The summed E-state index contributed by atoms with van der Waals surface area (Å²) in [7, 11) is 1.81. The molecule has 0 aliphatic heterocycles. The van der Waals surface area contributed by atoms with Crippen molar-refractivity contribution in [1.82, 2.24) is 0 Å². The van der Waals surface area contributed by atoms with E-state index in [0.29, 0.717) is 0 Å². The maximum atomic E-state index is 6.54. The van der Waals surface area contributed by atoms with Crippen LogP contribution in [0, 0.1) is 13.8 Å². The van der Waals surface area contributed by atoms with Crippen molar-refractivity contribution in [2.75, 3.05) is 7.11 Å². The molecule has 1 saturated carbocycles. The Morgan fingerprint density at radius 1 is 1.17 bits per heavy atom. The van der Waals surface area contributed by atoms with Crippen LogP contribution in [0.2, 0.25) is 0 Å². The molecule has 100 valence electrons. The molecule has 1 aromatic rings. The van der Waals surface area contributed by atoms with Crippen LogP contribution >= 0.6 is 0 Å². The van der Waals surface area contributed by atoms with Crippen LogP contribution in [0.3, 0.4) is 0 Å². The van der Waals surface area contributed by atoms with Gasteiger partial charge in [-0.3, -0.25) is 0 Å². The van der Waals surface area contributed by atoms with Gasteiger partial charge in [0.25, 0.3) is 0 Å². The largest absolute Gasteiger partial charge is 0.376 e. The molecule has 2 rings (SSSR count). The fourth-order valence-corrected chi connectivity index (χ4v) is 3.25. The van der Waals surface area contributed by atoms with Gasteiger partial charge >= 0.3 is 0 Å². The number of aryl methyl sites for hydroxylation is 2. The van der Waals surface area contributed by atoms with Gasteiger partial charge in [-0.15, -0.1) is 0 Å². The maximum absolute atomic E-state index is 6.54. The molecule has 2 nitrogen and oxygen atoms in total. The zero-order valence-corrected chi connectivity index (χ0v) is 11.8. The molecule has 0 amide bonds. The van der Waals surface area contributed by atoms with Gasteiger partial charge < -0.3 is 10.5 Å². The Labute approximate surface area is 111 Å². The Hall–Kier alpha value is -0.860. The third-order valence-electron chi connectivity index (χ3n) is 4.43. The van der Waals surface area contributed by atoms with E-state index >= 15 is 0 Å². The third-order valence-corrected chi connectivity index (χ3v) is 4.43. The number of benzene rings is 1. The molecule has 1 unspecified atom stereocenters. The van der Waals surface area contributed by atoms with Crippen molar-refractivity contribution in [3.05, 3.63) is 34.9 Å². The van der Waals surface area contributed by atoms with Gasteiger partial charge in [0.2, 0.25) is 0 Å². The van der Waals surface area contributed by atoms with Crippen molar-refractivity contribution in [3.8, 4) is 0 Å². The molecule has 2 heteroatoms. The maximum Gasteiger partial charge on any atom is 0.0870 e. The lowest BCUT2D eigenvalue weighted by Crippen LogP contribution is -2.44. The molecule has 2 N–H and O–H groups in total. The van der Waals surface area contributed by atoms with Crippen molar-refractivity contribution in [1.29, 1.82) is 0 Å². The van der Waals surface area contributed by atoms with E-state index in [0.717, 1.165) is 12.8 Å². The third kappa shape index (κ3) is 2.45. The van der Waals surface area contributed by atoms with Crippen LogP contribution in [0.25, 0.3) is 0 Å². The summed E-state index contributed by atoms with van der Waals surface area (Å²) in [4.78, 5) is 0. The monoisotopic (exact) mass is 247 g/mol. The molecule has 1 aliphatic carbocycles. The lowest BCUT2D eigenvalue weighted by molar-refractivity contribution is -0.0596. The number of rotatable bonds is 3. The molecule has 0 aromatic heterocycles. The van der Waals surface area contributed by atoms with E-state index in [1.54, 1.807) is 0 Å².